The first-order chi connectivity index (χ1) is 17.0. The number of carbonyl (C=O) groups is 1. The molecule has 10 nitrogen and oxygen atoms in total. The molecule has 0 atom stereocenters. The number of halogens is 1. The highest BCUT2D eigenvalue weighted by Gasteiger charge is 2.28. The van der Waals surface area contributed by atoms with Gasteiger partial charge in [0.05, 0.1) is 32.8 Å². The number of hydrogen-bond acceptors (Lipinski definition) is 7. The predicted molar refractivity (Wildman–Crippen MR) is 140 cm³/mol. The van der Waals surface area contributed by atoms with Gasteiger partial charge in [-0.2, -0.15) is 5.10 Å². The van der Waals surface area contributed by atoms with Gasteiger partial charge >= 0.3 is 0 Å². The summed E-state index contributed by atoms with van der Waals surface area (Å²) in [5.74, 6) is -0.211. The third kappa shape index (κ3) is 6.26. The standard InChI is InChI=1S/C24H23BrN4O6S/c1-16-4-8-19(9-5-16)28(36(33,34)21-12-13-23(35-3)22(25)14-21)15-24(30)27-26-17(2)18-6-10-20(11-7-18)29(31)32/h4-14H,15H2,1-3H3,(H,27,30)/b26-17-. The summed E-state index contributed by atoms with van der Waals surface area (Å²) < 4.78 is 33.7. The van der Waals surface area contributed by atoms with Gasteiger partial charge in [-0.1, -0.05) is 17.7 Å². The SMILES string of the molecule is COc1ccc(S(=O)(=O)N(CC(=O)N/N=C(/C)c2ccc([N+](=O)[O-])cc2)c2ccc(C)cc2)cc1Br. The molecule has 0 aromatic heterocycles. The van der Waals surface area contributed by atoms with Crippen LogP contribution in [0.4, 0.5) is 11.4 Å². The fourth-order valence-electron chi connectivity index (χ4n) is 3.16. The van der Waals surface area contributed by atoms with Gasteiger partial charge in [-0.05, 0) is 77.8 Å². The van der Waals surface area contributed by atoms with E-state index in [0.29, 0.717) is 27.2 Å². The molecule has 0 saturated carbocycles. The highest BCUT2D eigenvalue weighted by atomic mass is 79.9. The molecule has 1 amide bonds. The summed E-state index contributed by atoms with van der Waals surface area (Å²) in [4.78, 5) is 23.1. The van der Waals surface area contributed by atoms with Crippen molar-refractivity contribution in [1.82, 2.24) is 5.43 Å². The smallest absolute Gasteiger partial charge is 0.269 e. The lowest BCUT2D eigenvalue weighted by Crippen LogP contribution is -2.39. The number of sulfonamides is 1. The minimum Gasteiger partial charge on any atom is -0.496 e. The van der Waals surface area contributed by atoms with Crippen molar-refractivity contribution in [3.63, 3.8) is 0 Å². The number of nitrogens with one attached hydrogen (secondary N) is 1. The van der Waals surface area contributed by atoms with Crippen LogP contribution in [0.1, 0.15) is 18.1 Å². The molecule has 3 rings (SSSR count). The average molecular weight is 575 g/mol. The highest BCUT2D eigenvalue weighted by molar-refractivity contribution is 9.10. The molecule has 0 bridgehead atoms. The summed E-state index contributed by atoms with van der Waals surface area (Å²) in [6, 6.07) is 16.7. The number of hydrogen-bond donors (Lipinski definition) is 1. The van der Waals surface area contributed by atoms with E-state index in [4.69, 9.17) is 4.74 Å². The molecule has 0 unspecified atom stereocenters. The van der Waals surface area contributed by atoms with Gasteiger partial charge in [0.25, 0.3) is 21.6 Å². The number of nitro groups is 1. The van der Waals surface area contributed by atoms with Crippen molar-refractivity contribution < 1.29 is 22.9 Å². The number of anilines is 1. The molecular weight excluding hydrogens is 552 g/mol. The highest BCUT2D eigenvalue weighted by Crippen LogP contribution is 2.30. The molecule has 1 N–H and O–H groups in total. The molecule has 0 heterocycles. The number of nitro benzene ring substituents is 1. The molecule has 0 aliphatic carbocycles. The van der Waals surface area contributed by atoms with Crippen LogP contribution in [-0.4, -0.2) is 38.6 Å². The first-order valence-corrected chi connectivity index (χ1v) is 12.8. The topological polar surface area (TPSA) is 131 Å². The number of methoxy groups -OCH3 is 1. The van der Waals surface area contributed by atoms with E-state index in [1.54, 1.807) is 31.2 Å². The second-order valence-corrected chi connectivity index (χ2v) is 10.4. The minimum atomic E-state index is -4.14. The van der Waals surface area contributed by atoms with Crippen LogP contribution in [0.5, 0.6) is 5.75 Å². The third-order valence-corrected chi connectivity index (χ3v) is 7.55. The lowest BCUT2D eigenvalue weighted by Gasteiger charge is -2.24. The Labute approximate surface area is 216 Å². The predicted octanol–water partition coefficient (Wildman–Crippen LogP) is 4.41. The van der Waals surface area contributed by atoms with Crippen molar-refractivity contribution in [2.24, 2.45) is 5.10 Å². The quantitative estimate of drug-likeness (QED) is 0.229. The Kier molecular flexibility index (Phi) is 8.43. The van der Waals surface area contributed by atoms with E-state index < -0.39 is 27.4 Å². The Bertz CT molecular complexity index is 1410. The average Bonchev–Trinajstić information content (AvgIpc) is 2.86. The van der Waals surface area contributed by atoms with Crippen LogP contribution < -0.4 is 14.5 Å². The van der Waals surface area contributed by atoms with Crippen LogP contribution in [0.15, 0.2) is 81.2 Å². The number of amides is 1. The number of non-ortho nitro benzene ring substituents is 1. The van der Waals surface area contributed by atoms with Crippen molar-refractivity contribution in [2.45, 2.75) is 18.7 Å². The van der Waals surface area contributed by atoms with Crippen molar-refractivity contribution in [1.29, 1.82) is 0 Å². The van der Waals surface area contributed by atoms with Gasteiger partial charge in [-0.25, -0.2) is 13.8 Å². The van der Waals surface area contributed by atoms with Gasteiger partial charge in [0.15, 0.2) is 0 Å². The molecule has 188 valence electrons. The van der Waals surface area contributed by atoms with Gasteiger partial charge in [0.1, 0.15) is 12.3 Å². The minimum absolute atomic E-state index is 0.0332. The monoisotopic (exact) mass is 574 g/mol. The lowest BCUT2D eigenvalue weighted by molar-refractivity contribution is -0.384. The van der Waals surface area contributed by atoms with E-state index >= 15 is 0 Å². The molecule has 0 radical (unpaired) electrons. The summed E-state index contributed by atoms with van der Waals surface area (Å²) in [5.41, 5.74) is 4.48. The van der Waals surface area contributed by atoms with E-state index in [-0.39, 0.29) is 10.6 Å². The number of hydrazone groups is 1. The lowest BCUT2D eigenvalue weighted by atomic mass is 10.1. The van der Waals surface area contributed by atoms with E-state index in [9.17, 15) is 23.3 Å². The van der Waals surface area contributed by atoms with E-state index in [1.165, 1.54) is 49.6 Å². The third-order valence-electron chi connectivity index (χ3n) is 5.16. The van der Waals surface area contributed by atoms with Crippen LogP contribution in [-0.2, 0) is 14.8 Å². The summed E-state index contributed by atoms with van der Waals surface area (Å²) in [7, 11) is -2.67. The first kappa shape index (κ1) is 26.8. The van der Waals surface area contributed by atoms with Gasteiger partial charge in [0.2, 0.25) is 0 Å². The fraction of sp³-hybridized carbons (Fsp3) is 0.167. The number of aryl methyl sites for hydroxylation is 1. The molecule has 3 aromatic rings. The normalized spacial score (nSPS) is 11.6. The van der Waals surface area contributed by atoms with Crippen LogP contribution in [0.25, 0.3) is 0 Å². The van der Waals surface area contributed by atoms with Crippen molar-refractivity contribution in [3.05, 3.63) is 92.4 Å². The molecule has 0 aliphatic rings. The molecule has 0 aliphatic heterocycles. The molecule has 0 saturated heterocycles. The van der Waals surface area contributed by atoms with Gasteiger partial charge in [0, 0.05) is 12.1 Å². The maximum Gasteiger partial charge on any atom is 0.269 e. The summed E-state index contributed by atoms with van der Waals surface area (Å²) >= 11 is 3.30. The zero-order chi connectivity index (χ0) is 26.5. The number of carbonyl (C=O) groups excluding carboxylic acids is 1. The summed E-state index contributed by atoms with van der Waals surface area (Å²) in [6.45, 7) is 2.95. The largest absolute Gasteiger partial charge is 0.496 e. The maximum absolute atomic E-state index is 13.5. The summed E-state index contributed by atoms with van der Waals surface area (Å²) in [5, 5.41) is 14.8. The second-order valence-electron chi connectivity index (χ2n) is 7.68. The van der Waals surface area contributed by atoms with Crippen LogP contribution >= 0.6 is 15.9 Å². The Morgan fingerprint density at radius 1 is 1.11 bits per heavy atom. The Morgan fingerprint density at radius 3 is 2.31 bits per heavy atom. The zero-order valence-electron chi connectivity index (χ0n) is 19.6. The van der Waals surface area contributed by atoms with Crippen LogP contribution in [0, 0.1) is 17.0 Å². The van der Waals surface area contributed by atoms with Crippen LogP contribution in [0.2, 0.25) is 0 Å². The zero-order valence-corrected chi connectivity index (χ0v) is 22.0. The number of nitrogens with zero attached hydrogens (tertiary/aromatic N) is 3. The van der Waals surface area contributed by atoms with Gasteiger partial charge in [-0.15, -0.1) is 0 Å². The molecule has 0 spiro atoms. The number of benzene rings is 3. The molecule has 12 heteroatoms. The van der Waals surface area contributed by atoms with Crippen molar-refractivity contribution in [3.8, 4) is 5.75 Å². The van der Waals surface area contributed by atoms with E-state index in [2.05, 4.69) is 26.5 Å². The van der Waals surface area contributed by atoms with E-state index in [1.807, 2.05) is 6.92 Å². The first-order valence-electron chi connectivity index (χ1n) is 10.5. The van der Waals surface area contributed by atoms with Crippen molar-refractivity contribution in [2.75, 3.05) is 18.0 Å². The molecule has 0 fully saturated rings. The fourth-order valence-corrected chi connectivity index (χ4v) is 5.30. The molecule has 36 heavy (non-hydrogen) atoms. The molecule has 3 aromatic carbocycles. The van der Waals surface area contributed by atoms with Gasteiger partial charge < -0.3 is 4.74 Å². The van der Waals surface area contributed by atoms with Crippen LogP contribution in [0.3, 0.4) is 0 Å². The number of ether oxygens (including phenoxy) is 1. The second kappa shape index (κ2) is 11.3. The van der Waals surface area contributed by atoms with Gasteiger partial charge in [-0.3, -0.25) is 19.2 Å². The van der Waals surface area contributed by atoms with Crippen molar-refractivity contribution >= 4 is 48.9 Å². The summed E-state index contributed by atoms with van der Waals surface area (Å²) in [6.07, 6.45) is 0. The Morgan fingerprint density at radius 2 is 1.75 bits per heavy atom. The maximum atomic E-state index is 13.5. The Hall–Kier alpha value is -3.77. The molecular formula is C24H23BrN4O6S. The Balaban J connectivity index is 1.87. The number of rotatable bonds is 9. The van der Waals surface area contributed by atoms with E-state index in [0.717, 1.165) is 9.87 Å².